The first-order valence-electron chi connectivity index (χ1n) is 4.89. The summed E-state index contributed by atoms with van der Waals surface area (Å²) < 4.78 is 3.73. The largest absolute Gasteiger partial charge is 0.396 e. The molecular weight excluding hydrogens is 214 g/mol. The van der Waals surface area contributed by atoms with Gasteiger partial charge in [0.15, 0.2) is 0 Å². The lowest BCUT2D eigenvalue weighted by molar-refractivity contribution is 0.0758. The first-order chi connectivity index (χ1) is 7.20. The third-order valence-corrected chi connectivity index (χ3v) is 2.92. The van der Waals surface area contributed by atoms with E-state index in [-0.39, 0.29) is 12.5 Å². The van der Waals surface area contributed by atoms with E-state index in [2.05, 4.69) is 9.59 Å². The van der Waals surface area contributed by atoms with E-state index >= 15 is 0 Å². The first-order valence-corrected chi connectivity index (χ1v) is 5.67. The molecule has 84 valence electrons. The number of aryl methyl sites for hydroxylation is 1. The molecule has 0 saturated carbocycles. The van der Waals surface area contributed by atoms with Gasteiger partial charge in [-0.25, -0.2) is 0 Å². The summed E-state index contributed by atoms with van der Waals surface area (Å²) in [5.41, 5.74) is 0.674. The molecule has 0 atom stereocenters. The number of amides is 1. The van der Waals surface area contributed by atoms with E-state index in [4.69, 9.17) is 5.11 Å². The maximum absolute atomic E-state index is 11.9. The van der Waals surface area contributed by atoms with Gasteiger partial charge >= 0.3 is 0 Å². The number of aromatic nitrogens is 2. The van der Waals surface area contributed by atoms with Crippen LogP contribution in [0.5, 0.6) is 0 Å². The van der Waals surface area contributed by atoms with E-state index in [1.165, 1.54) is 0 Å². The quantitative estimate of drug-likeness (QED) is 0.806. The standard InChI is InChI=1S/C9H15N3O2S/c1-3-12(5-4-6-13)9(14)8-7(2)10-11-15-8/h13H,3-6H2,1-2H3. The molecular formula is C9H15N3O2S. The summed E-state index contributed by atoms with van der Waals surface area (Å²) in [6.45, 7) is 5.00. The zero-order chi connectivity index (χ0) is 11.3. The van der Waals surface area contributed by atoms with E-state index in [1.807, 2.05) is 6.92 Å². The van der Waals surface area contributed by atoms with Gasteiger partial charge in [-0.2, -0.15) is 0 Å². The van der Waals surface area contributed by atoms with Gasteiger partial charge in [0.05, 0.1) is 5.69 Å². The summed E-state index contributed by atoms with van der Waals surface area (Å²) in [6, 6.07) is 0. The van der Waals surface area contributed by atoms with Crippen LogP contribution in [-0.4, -0.2) is 45.2 Å². The van der Waals surface area contributed by atoms with Crippen LogP contribution in [0.15, 0.2) is 0 Å². The van der Waals surface area contributed by atoms with Crippen LogP contribution in [0.4, 0.5) is 0 Å². The van der Waals surface area contributed by atoms with Crippen molar-refractivity contribution in [3.8, 4) is 0 Å². The maximum Gasteiger partial charge on any atom is 0.267 e. The van der Waals surface area contributed by atoms with E-state index in [1.54, 1.807) is 11.8 Å². The van der Waals surface area contributed by atoms with Crippen molar-refractivity contribution >= 4 is 17.4 Å². The Morgan fingerprint density at radius 3 is 2.80 bits per heavy atom. The molecule has 0 spiro atoms. The van der Waals surface area contributed by atoms with Gasteiger partial charge in [-0.3, -0.25) is 4.79 Å². The van der Waals surface area contributed by atoms with Gasteiger partial charge in [-0.1, -0.05) is 4.49 Å². The van der Waals surface area contributed by atoms with Gasteiger partial charge in [0.2, 0.25) is 0 Å². The third kappa shape index (κ3) is 2.97. The molecule has 1 aromatic rings. The first kappa shape index (κ1) is 12.1. The number of hydrogen-bond donors (Lipinski definition) is 1. The lowest BCUT2D eigenvalue weighted by Crippen LogP contribution is -2.32. The van der Waals surface area contributed by atoms with Gasteiger partial charge < -0.3 is 10.0 Å². The van der Waals surface area contributed by atoms with Gasteiger partial charge in [0.25, 0.3) is 5.91 Å². The summed E-state index contributed by atoms with van der Waals surface area (Å²) in [7, 11) is 0. The van der Waals surface area contributed by atoms with Crippen LogP contribution in [0.25, 0.3) is 0 Å². The zero-order valence-electron chi connectivity index (χ0n) is 8.93. The van der Waals surface area contributed by atoms with Crippen molar-refractivity contribution in [2.45, 2.75) is 20.3 Å². The maximum atomic E-state index is 11.9. The minimum absolute atomic E-state index is 0.0431. The van der Waals surface area contributed by atoms with E-state index in [0.29, 0.717) is 30.1 Å². The lowest BCUT2D eigenvalue weighted by Gasteiger charge is -2.19. The highest BCUT2D eigenvalue weighted by atomic mass is 32.1. The number of aliphatic hydroxyl groups excluding tert-OH is 1. The Hall–Kier alpha value is -1.01. The Labute approximate surface area is 92.9 Å². The van der Waals surface area contributed by atoms with Gasteiger partial charge in [0, 0.05) is 19.7 Å². The number of aliphatic hydroxyl groups is 1. The second-order valence-electron chi connectivity index (χ2n) is 3.15. The Balaban J connectivity index is 2.69. The summed E-state index contributed by atoms with van der Waals surface area (Å²) >= 11 is 1.12. The van der Waals surface area contributed by atoms with Crippen LogP contribution in [0.3, 0.4) is 0 Å². The van der Waals surface area contributed by atoms with Gasteiger partial charge in [0.1, 0.15) is 4.88 Å². The molecule has 1 N–H and O–H groups in total. The molecule has 0 bridgehead atoms. The smallest absolute Gasteiger partial charge is 0.267 e. The average Bonchev–Trinajstić information content (AvgIpc) is 2.65. The molecule has 0 unspecified atom stereocenters. The Bertz CT molecular complexity index is 327. The van der Waals surface area contributed by atoms with Gasteiger partial charge in [-0.15, -0.1) is 5.10 Å². The summed E-state index contributed by atoms with van der Waals surface area (Å²) in [4.78, 5) is 14.2. The van der Waals surface area contributed by atoms with Crippen LogP contribution in [0, 0.1) is 6.92 Å². The van der Waals surface area contributed by atoms with Crippen molar-refractivity contribution < 1.29 is 9.90 Å². The Morgan fingerprint density at radius 1 is 1.60 bits per heavy atom. The van der Waals surface area contributed by atoms with Crippen LogP contribution in [-0.2, 0) is 0 Å². The molecule has 1 heterocycles. The van der Waals surface area contributed by atoms with E-state index < -0.39 is 0 Å². The molecule has 6 heteroatoms. The SMILES string of the molecule is CCN(CCCO)C(=O)c1snnc1C. The number of rotatable bonds is 5. The highest BCUT2D eigenvalue weighted by molar-refractivity contribution is 7.07. The minimum Gasteiger partial charge on any atom is -0.396 e. The second kappa shape index (κ2) is 5.77. The summed E-state index contributed by atoms with van der Waals surface area (Å²) in [6.07, 6.45) is 0.602. The molecule has 0 fully saturated rings. The molecule has 1 amide bonds. The molecule has 5 nitrogen and oxygen atoms in total. The number of nitrogens with zero attached hydrogens (tertiary/aromatic N) is 3. The fourth-order valence-electron chi connectivity index (χ4n) is 1.24. The summed E-state index contributed by atoms with van der Waals surface area (Å²) in [5, 5.41) is 12.5. The lowest BCUT2D eigenvalue weighted by atomic mass is 10.3. The molecule has 1 rings (SSSR count). The fraction of sp³-hybridized carbons (Fsp3) is 0.667. The van der Waals surface area contributed by atoms with Crippen molar-refractivity contribution in [3.63, 3.8) is 0 Å². The predicted molar refractivity (Wildman–Crippen MR) is 57.9 cm³/mol. The fourth-order valence-corrected chi connectivity index (χ4v) is 1.86. The number of hydrogen-bond acceptors (Lipinski definition) is 5. The molecule has 0 saturated heterocycles. The third-order valence-electron chi connectivity index (χ3n) is 2.10. The number of carbonyl (C=O) groups excluding carboxylic acids is 1. The molecule has 0 aliphatic heterocycles. The van der Waals surface area contributed by atoms with Crippen molar-refractivity contribution in [1.82, 2.24) is 14.5 Å². The molecule has 15 heavy (non-hydrogen) atoms. The Kier molecular flexibility index (Phi) is 4.64. The van der Waals surface area contributed by atoms with E-state index in [0.717, 1.165) is 11.5 Å². The monoisotopic (exact) mass is 229 g/mol. The van der Waals surface area contributed by atoms with Crippen LogP contribution in [0.1, 0.15) is 28.7 Å². The van der Waals surface area contributed by atoms with Crippen molar-refractivity contribution in [2.75, 3.05) is 19.7 Å². The van der Waals surface area contributed by atoms with Crippen molar-refractivity contribution in [2.24, 2.45) is 0 Å². The molecule has 0 aliphatic carbocycles. The highest BCUT2D eigenvalue weighted by Crippen LogP contribution is 2.12. The molecule has 0 aromatic carbocycles. The second-order valence-corrected chi connectivity index (χ2v) is 3.90. The highest BCUT2D eigenvalue weighted by Gasteiger charge is 2.18. The zero-order valence-corrected chi connectivity index (χ0v) is 9.75. The molecule has 0 aliphatic rings. The summed E-state index contributed by atoms with van der Waals surface area (Å²) in [5.74, 6) is -0.0431. The molecule has 1 aromatic heterocycles. The normalized spacial score (nSPS) is 10.3. The van der Waals surface area contributed by atoms with Crippen LogP contribution in [0.2, 0.25) is 0 Å². The van der Waals surface area contributed by atoms with Crippen molar-refractivity contribution in [1.29, 1.82) is 0 Å². The Morgan fingerprint density at radius 2 is 2.33 bits per heavy atom. The minimum atomic E-state index is -0.0431. The van der Waals surface area contributed by atoms with Crippen LogP contribution < -0.4 is 0 Å². The van der Waals surface area contributed by atoms with E-state index in [9.17, 15) is 4.79 Å². The van der Waals surface area contributed by atoms with Crippen LogP contribution >= 0.6 is 11.5 Å². The topological polar surface area (TPSA) is 66.3 Å². The van der Waals surface area contributed by atoms with Crippen molar-refractivity contribution in [3.05, 3.63) is 10.6 Å². The molecule has 0 radical (unpaired) electrons. The number of carbonyl (C=O) groups is 1. The average molecular weight is 229 g/mol. The van der Waals surface area contributed by atoms with Gasteiger partial charge in [-0.05, 0) is 31.8 Å². The predicted octanol–water partition coefficient (Wildman–Crippen LogP) is 0.691.